The Balaban J connectivity index is 1.93. The highest BCUT2D eigenvalue weighted by atomic mass is 16.6. The van der Waals surface area contributed by atoms with Crippen LogP contribution in [0.5, 0.6) is 5.75 Å². The normalized spacial score (nSPS) is 10.0. The highest BCUT2D eigenvalue weighted by molar-refractivity contribution is 5.99. The highest BCUT2D eigenvalue weighted by Crippen LogP contribution is 2.21. The third-order valence-corrected chi connectivity index (χ3v) is 3.37. The molecule has 2 aromatic carbocycles. The number of para-hydroxylation sites is 2. The molecule has 0 bridgehead atoms. The number of carbonyl (C=O) groups is 2. The quantitative estimate of drug-likeness (QED) is 0.556. The molecule has 2 aromatic rings. The van der Waals surface area contributed by atoms with Crippen LogP contribution in [0, 0.1) is 10.1 Å². The number of hydrogen-bond donors (Lipinski definition) is 2. The molecule has 2 amide bonds. The molecule has 2 rings (SSSR count). The van der Waals surface area contributed by atoms with Gasteiger partial charge in [0.25, 0.3) is 11.6 Å². The van der Waals surface area contributed by atoms with Crippen LogP contribution in [0.25, 0.3) is 0 Å². The first-order chi connectivity index (χ1) is 12.5. The molecule has 0 aliphatic carbocycles. The van der Waals surface area contributed by atoms with Crippen molar-refractivity contribution in [2.45, 2.75) is 19.8 Å². The fourth-order valence-corrected chi connectivity index (χ4v) is 2.14. The second-order valence-electron chi connectivity index (χ2n) is 5.43. The molecule has 0 aromatic heterocycles. The van der Waals surface area contributed by atoms with Gasteiger partial charge in [-0.25, -0.2) is 0 Å². The molecule has 0 unspecified atom stereocenters. The van der Waals surface area contributed by atoms with Crippen LogP contribution in [0.4, 0.5) is 17.1 Å². The van der Waals surface area contributed by atoms with Crippen molar-refractivity contribution in [2.75, 3.05) is 17.2 Å². The van der Waals surface area contributed by atoms with Gasteiger partial charge in [0.15, 0.2) is 6.61 Å². The van der Waals surface area contributed by atoms with E-state index in [1.54, 1.807) is 24.3 Å². The maximum absolute atomic E-state index is 12.1. The van der Waals surface area contributed by atoms with Crippen LogP contribution in [0.15, 0.2) is 48.5 Å². The Labute approximate surface area is 150 Å². The van der Waals surface area contributed by atoms with Crippen LogP contribution >= 0.6 is 0 Å². The van der Waals surface area contributed by atoms with Gasteiger partial charge in [-0.05, 0) is 30.7 Å². The molecular formula is C18H19N3O5. The fraction of sp³-hybridized carbons (Fsp3) is 0.222. The fourth-order valence-electron chi connectivity index (χ4n) is 2.14. The third kappa shape index (κ3) is 5.59. The average molecular weight is 357 g/mol. The Morgan fingerprint density at radius 3 is 2.12 bits per heavy atom. The first-order valence-corrected chi connectivity index (χ1v) is 8.05. The number of rotatable bonds is 8. The van der Waals surface area contributed by atoms with E-state index < -0.39 is 10.8 Å². The lowest BCUT2D eigenvalue weighted by Crippen LogP contribution is -2.21. The zero-order valence-corrected chi connectivity index (χ0v) is 14.2. The SMILES string of the molecule is CCCC(=O)Nc1ccccc1NC(=O)COc1ccc([N+](=O)[O-])cc1. The number of nitrogens with one attached hydrogen (secondary N) is 2. The van der Waals surface area contributed by atoms with Gasteiger partial charge in [-0.2, -0.15) is 0 Å². The summed E-state index contributed by atoms with van der Waals surface area (Å²) in [5, 5.41) is 16.0. The van der Waals surface area contributed by atoms with E-state index >= 15 is 0 Å². The van der Waals surface area contributed by atoms with E-state index in [0.29, 0.717) is 23.5 Å². The number of nitro groups is 1. The molecule has 0 saturated heterocycles. The Kier molecular flexibility index (Phi) is 6.67. The number of hydrogen-bond acceptors (Lipinski definition) is 5. The number of amides is 2. The van der Waals surface area contributed by atoms with Crippen molar-refractivity contribution in [3.05, 3.63) is 58.6 Å². The smallest absolute Gasteiger partial charge is 0.269 e. The van der Waals surface area contributed by atoms with Gasteiger partial charge in [-0.15, -0.1) is 0 Å². The lowest BCUT2D eigenvalue weighted by molar-refractivity contribution is -0.384. The largest absolute Gasteiger partial charge is 0.484 e. The minimum absolute atomic E-state index is 0.0569. The van der Waals surface area contributed by atoms with E-state index in [1.807, 2.05) is 6.92 Å². The lowest BCUT2D eigenvalue weighted by Gasteiger charge is -2.12. The minimum Gasteiger partial charge on any atom is -0.484 e. The van der Waals surface area contributed by atoms with E-state index in [0.717, 1.165) is 6.42 Å². The summed E-state index contributed by atoms with van der Waals surface area (Å²) in [5.74, 6) is -0.202. The molecule has 0 aliphatic rings. The number of nitrogens with zero attached hydrogens (tertiary/aromatic N) is 1. The molecule has 0 aliphatic heterocycles. The Bertz CT molecular complexity index is 790. The van der Waals surface area contributed by atoms with Crippen LogP contribution in [0.2, 0.25) is 0 Å². The molecule has 8 nitrogen and oxygen atoms in total. The monoisotopic (exact) mass is 357 g/mol. The maximum Gasteiger partial charge on any atom is 0.269 e. The first kappa shape index (κ1) is 18.9. The zero-order valence-electron chi connectivity index (χ0n) is 14.2. The standard InChI is InChI=1S/C18H19N3O5/c1-2-5-17(22)19-15-6-3-4-7-16(15)20-18(23)12-26-14-10-8-13(9-11-14)21(24)25/h3-4,6-11H,2,5,12H2,1H3,(H,19,22)(H,20,23). The third-order valence-electron chi connectivity index (χ3n) is 3.37. The van der Waals surface area contributed by atoms with Gasteiger partial charge >= 0.3 is 0 Å². The summed E-state index contributed by atoms with van der Waals surface area (Å²) >= 11 is 0. The van der Waals surface area contributed by atoms with Gasteiger partial charge < -0.3 is 15.4 Å². The van der Waals surface area contributed by atoms with E-state index in [9.17, 15) is 19.7 Å². The van der Waals surface area contributed by atoms with Crippen LogP contribution in [0.3, 0.4) is 0 Å². The molecule has 2 N–H and O–H groups in total. The van der Waals surface area contributed by atoms with Crippen molar-refractivity contribution in [1.29, 1.82) is 0 Å². The molecule has 0 spiro atoms. The number of ether oxygens (including phenoxy) is 1. The predicted molar refractivity (Wildman–Crippen MR) is 97.2 cm³/mol. The van der Waals surface area contributed by atoms with Crippen LogP contribution < -0.4 is 15.4 Å². The van der Waals surface area contributed by atoms with Crippen molar-refractivity contribution in [1.82, 2.24) is 0 Å². The summed E-state index contributed by atoms with van der Waals surface area (Å²) in [6, 6.07) is 12.3. The Hall–Kier alpha value is -3.42. The van der Waals surface area contributed by atoms with Gasteiger partial charge in [0.2, 0.25) is 5.91 Å². The molecule has 0 saturated carbocycles. The molecule has 8 heteroatoms. The van der Waals surface area contributed by atoms with Crippen LogP contribution in [-0.2, 0) is 9.59 Å². The lowest BCUT2D eigenvalue weighted by atomic mass is 10.2. The second-order valence-corrected chi connectivity index (χ2v) is 5.43. The van der Waals surface area contributed by atoms with E-state index in [2.05, 4.69) is 10.6 Å². The maximum atomic E-state index is 12.1. The second kappa shape index (κ2) is 9.16. The minimum atomic E-state index is -0.514. The molecule has 0 radical (unpaired) electrons. The average Bonchev–Trinajstić information content (AvgIpc) is 2.62. The first-order valence-electron chi connectivity index (χ1n) is 8.05. The van der Waals surface area contributed by atoms with Gasteiger partial charge in [0, 0.05) is 18.6 Å². The van der Waals surface area contributed by atoms with Crippen molar-refractivity contribution < 1.29 is 19.2 Å². The van der Waals surface area contributed by atoms with Crippen LogP contribution in [-0.4, -0.2) is 23.3 Å². The van der Waals surface area contributed by atoms with Crippen molar-refractivity contribution in [3.63, 3.8) is 0 Å². The Morgan fingerprint density at radius 2 is 1.58 bits per heavy atom. The summed E-state index contributed by atoms with van der Waals surface area (Å²) in [5.41, 5.74) is 0.919. The van der Waals surface area contributed by atoms with Gasteiger partial charge in [0.1, 0.15) is 5.75 Å². The summed E-state index contributed by atoms with van der Waals surface area (Å²) < 4.78 is 5.31. The summed E-state index contributed by atoms with van der Waals surface area (Å²) in [7, 11) is 0. The number of carbonyl (C=O) groups excluding carboxylic acids is 2. The molecular weight excluding hydrogens is 338 g/mol. The van der Waals surface area contributed by atoms with Crippen molar-refractivity contribution >= 4 is 28.9 Å². The zero-order chi connectivity index (χ0) is 18.9. The topological polar surface area (TPSA) is 111 Å². The summed E-state index contributed by atoms with van der Waals surface area (Å²) in [4.78, 5) is 33.9. The summed E-state index contributed by atoms with van der Waals surface area (Å²) in [6.45, 7) is 1.64. The van der Waals surface area contributed by atoms with Gasteiger partial charge in [-0.3, -0.25) is 19.7 Å². The van der Waals surface area contributed by atoms with Crippen molar-refractivity contribution in [2.24, 2.45) is 0 Å². The van der Waals surface area contributed by atoms with E-state index in [4.69, 9.17) is 4.74 Å². The molecule has 0 heterocycles. The van der Waals surface area contributed by atoms with E-state index in [1.165, 1.54) is 24.3 Å². The number of benzene rings is 2. The van der Waals surface area contributed by atoms with Crippen molar-refractivity contribution in [3.8, 4) is 5.75 Å². The highest BCUT2D eigenvalue weighted by Gasteiger charge is 2.10. The molecule has 0 fully saturated rings. The molecule has 26 heavy (non-hydrogen) atoms. The number of nitro benzene ring substituents is 1. The Morgan fingerprint density at radius 1 is 1.00 bits per heavy atom. The van der Waals surface area contributed by atoms with Crippen LogP contribution in [0.1, 0.15) is 19.8 Å². The number of anilines is 2. The van der Waals surface area contributed by atoms with Gasteiger partial charge in [0.05, 0.1) is 16.3 Å². The predicted octanol–water partition coefficient (Wildman–Crippen LogP) is 3.35. The van der Waals surface area contributed by atoms with Gasteiger partial charge in [-0.1, -0.05) is 19.1 Å². The molecule has 136 valence electrons. The number of non-ortho nitro benzene ring substituents is 1. The van der Waals surface area contributed by atoms with E-state index in [-0.39, 0.29) is 18.2 Å². The molecule has 0 atom stereocenters. The summed E-state index contributed by atoms with van der Waals surface area (Å²) in [6.07, 6.45) is 1.12.